The summed E-state index contributed by atoms with van der Waals surface area (Å²) in [7, 11) is 0. The van der Waals surface area contributed by atoms with Crippen LogP contribution in [0.1, 0.15) is 44.1 Å². The Balaban J connectivity index is 1.33. The lowest BCUT2D eigenvalue weighted by atomic mass is 9.88. The minimum atomic E-state index is -0.0473. The summed E-state index contributed by atoms with van der Waals surface area (Å²) in [5.41, 5.74) is 1.37. The van der Waals surface area contributed by atoms with E-state index in [1.807, 2.05) is 0 Å². The Bertz CT molecular complexity index is 496. The molecule has 3 unspecified atom stereocenters. The highest BCUT2D eigenvalue weighted by molar-refractivity contribution is 5.14. The van der Waals surface area contributed by atoms with E-state index in [9.17, 15) is 5.11 Å². The van der Waals surface area contributed by atoms with Crippen LogP contribution in [0, 0.1) is 11.8 Å². The van der Waals surface area contributed by atoms with Crippen LogP contribution in [0.3, 0.4) is 0 Å². The molecule has 0 spiro atoms. The van der Waals surface area contributed by atoms with Crippen molar-refractivity contribution in [1.29, 1.82) is 0 Å². The van der Waals surface area contributed by atoms with Gasteiger partial charge in [-0.05, 0) is 55.9 Å². The summed E-state index contributed by atoms with van der Waals surface area (Å²) < 4.78 is 0. The molecule has 1 aromatic carbocycles. The fourth-order valence-corrected chi connectivity index (χ4v) is 4.17. The Morgan fingerprint density at radius 2 is 1.87 bits per heavy atom. The maximum absolute atomic E-state index is 10.3. The van der Waals surface area contributed by atoms with Gasteiger partial charge in [0.25, 0.3) is 0 Å². The van der Waals surface area contributed by atoms with E-state index < -0.39 is 0 Å². The molecule has 0 aromatic heterocycles. The van der Waals surface area contributed by atoms with E-state index in [4.69, 9.17) is 0 Å². The predicted octanol–water partition coefficient (Wildman–Crippen LogP) is 2.79. The smallest absolute Gasteiger partial charge is 0.0571 e. The van der Waals surface area contributed by atoms with E-state index >= 15 is 0 Å². The van der Waals surface area contributed by atoms with Gasteiger partial charge in [0.1, 0.15) is 0 Å². The van der Waals surface area contributed by atoms with Gasteiger partial charge in [0, 0.05) is 31.7 Å². The van der Waals surface area contributed by atoms with Gasteiger partial charge in [-0.25, -0.2) is 0 Å². The zero-order valence-electron chi connectivity index (χ0n) is 14.0. The van der Waals surface area contributed by atoms with E-state index in [1.165, 1.54) is 50.8 Å². The second kappa shape index (κ2) is 6.92. The van der Waals surface area contributed by atoms with Crippen molar-refractivity contribution in [2.24, 2.45) is 11.8 Å². The Kier molecular flexibility index (Phi) is 4.70. The molecule has 3 aliphatic rings. The van der Waals surface area contributed by atoms with Crippen molar-refractivity contribution in [2.45, 2.75) is 63.3 Å². The highest BCUT2D eigenvalue weighted by Crippen LogP contribution is 2.38. The quantitative estimate of drug-likeness (QED) is 0.812. The first-order chi connectivity index (χ1) is 11.3. The zero-order valence-corrected chi connectivity index (χ0v) is 14.0. The third-order valence-electron chi connectivity index (χ3n) is 5.81. The van der Waals surface area contributed by atoms with Gasteiger partial charge in [0.2, 0.25) is 0 Å². The highest BCUT2D eigenvalue weighted by Gasteiger charge is 2.38. The zero-order chi connectivity index (χ0) is 15.6. The summed E-state index contributed by atoms with van der Waals surface area (Å²) in [6, 6.07) is 12.1. The van der Waals surface area contributed by atoms with Crippen molar-refractivity contribution < 1.29 is 5.11 Å². The Hall–Kier alpha value is -0.900. The van der Waals surface area contributed by atoms with Crippen LogP contribution in [0.4, 0.5) is 0 Å². The molecule has 126 valence electrons. The number of hydrogen-bond acceptors (Lipinski definition) is 3. The van der Waals surface area contributed by atoms with Gasteiger partial charge >= 0.3 is 0 Å². The number of benzene rings is 1. The molecule has 3 fully saturated rings. The van der Waals surface area contributed by atoms with Crippen molar-refractivity contribution in [3.63, 3.8) is 0 Å². The molecule has 1 aromatic rings. The van der Waals surface area contributed by atoms with Crippen LogP contribution < -0.4 is 5.32 Å². The number of rotatable bonds is 7. The largest absolute Gasteiger partial charge is 0.393 e. The molecule has 2 aliphatic carbocycles. The highest BCUT2D eigenvalue weighted by atomic mass is 16.3. The molecule has 4 rings (SSSR count). The van der Waals surface area contributed by atoms with E-state index in [-0.39, 0.29) is 6.10 Å². The van der Waals surface area contributed by atoms with Crippen LogP contribution in [0.5, 0.6) is 0 Å². The normalized spacial score (nSPS) is 30.3. The maximum atomic E-state index is 10.3. The molecule has 23 heavy (non-hydrogen) atoms. The molecule has 2 saturated carbocycles. The van der Waals surface area contributed by atoms with Gasteiger partial charge < -0.3 is 10.4 Å². The van der Waals surface area contributed by atoms with Crippen LogP contribution in [-0.2, 0) is 6.54 Å². The number of hydrogen-bond donors (Lipinski definition) is 2. The fourth-order valence-electron chi connectivity index (χ4n) is 4.17. The number of aliphatic hydroxyl groups is 1. The molecule has 2 N–H and O–H groups in total. The first kappa shape index (κ1) is 15.6. The van der Waals surface area contributed by atoms with Crippen LogP contribution in [0.2, 0.25) is 0 Å². The number of nitrogens with zero attached hydrogens (tertiary/aromatic N) is 1. The third-order valence-corrected chi connectivity index (χ3v) is 5.81. The summed E-state index contributed by atoms with van der Waals surface area (Å²) >= 11 is 0. The molecule has 1 saturated heterocycles. The summed E-state index contributed by atoms with van der Waals surface area (Å²) in [6.45, 7) is 3.35. The van der Waals surface area contributed by atoms with Crippen molar-refractivity contribution in [3.05, 3.63) is 35.9 Å². The molecule has 1 heterocycles. The summed E-state index contributed by atoms with van der Waals surface area (Å²) in [4.78, 5) is 2.69. The van der Waals surface area contributed by atoms with Gasteiger partial charge in [-0.2, -0.15) is 0 Å². The van der Waals surface area contributed by atoms with E-state index in [0.717, 1.165) is 19.0 Å². The average molecular weight is 314 g/mol. The van der Waals surface area contributed by atoms with Crippen molar-refractivity contribution in [2.75, 3.05) is 13.1 Å². The topological polar surface area (TPSA) is 35.5 Å². The second-order valence-corrected chi connectivity index (χ2v) is 7.99. The first-order valence-electron chi connectivity index (χ1n) is 9.47. The van der Waals surface area contributed by atoms with Crippen molar-refractivity contribution in [1.82, 2.24) is 10.2 Å². The van der Waals surface area contributed by atoms with Crippen molar-refractivity contribution in [3.8, 4) is 0 Å². The van der Waals surface area contributed by atoms with Gasteiger partial charge in [-0.1, -0.05) is 30.3 Å². The monoisotopic (exact) mass is 314 g/mol. The third kappa shape index (κ3) is 4.34. The van der Waals surface area contributed by atoms with Crippen LogP contribution in [0.25, 0.3) is 0 Å². The summed E-state index contributed by atoms with van der Waals surface area (Å²) in [5, 5.41) is 14.1. The molecule has 3 heteroatoms. The average Bonchev–Trinajstić information content (AvgIpc) is 3.46. The van der Waals surface area contributed by atoms with Gasteiger partial charge in [0.15, 0.2) is 0 Å². The molecule has 0 amide bonds. The molecular weight excluding hydrogens is 284 g/mol. The van der Waals surface area contributed by atoms with Gasteiger partial charge in [-0.15, -0.1) is 0 Å². The standard InChI is InChI=1S/C20H30N2O/c23-20(17-6-7-17)11-16-10-18(14-22(13-16)19-8-9-19)21-12-15-4-2-1-3-5-15/h1-5,16-21,23H,6-14H2. The summed E-state index contributed by atoms with van der Waals surface area (Å²) in [6.07, 6.45) is 7.43. The molecule has 3 nitrogen and oxygen atoms in total. The van der Waals surface area contributed by atoms with E-state index in [0.29, 0.717) is 17.9 Å². The predicted molar refractivity (Wildman–Crippen MR) is 93.1 cm³/mol. The first-order valence-corrected chi connectivity index (χ1v) is 9.47. The van der Waals surface area contributed by atoms with E-state index in [1.54, 1.807) is 0 Å². The minimum Gasteiger partial charge on any atom is -0.393 e. The Morgan fingerprint density at radius 1 is 1.09 bits per heavy atom. The fraction of sp³-hybridized carbons (Fsp3) is 0.700. The SMILES string of the molecule is OC(CC1CC(NCc2ccccc2)CN(C2CC2)C1)C1CC1. The second-order valence-electron chi connectivity index (χ2n) is 7.99. The Labute approximate surface area is 140 Å². The molecule has 0 bridgehead atoms. The molecule has 3 atom stereocenters. The number of piperidine rings is 1. The van der Waals surface area contributed by atoms with Crippen molar-refractivity contribution >= 4 is 0 Å². The molecule has 0 radical (unpaired) electrons. The van der Waals surface area contributed by atoms with Gasteiger partial charge in [0.05, 0.1) is 6.10 Å². The maximum Gasteiger partial charge on any atom is 0.0571 e. The van der Waals surface area contributed by atoms with Gasteiger partial charge in [-0.3, -0.25) is 4.90 Å². The molecule has 1 aliphatic heterocycles. The van der Waals surface area contributed by atoms with Crippen LogP contribution in [0.15, 0.2) is 30.3 Å². The minimum absolute atomic E-state index is 0.0473. The Morgan fingerprint density at radius 3 is 2.57 bits per heavy atom. The lowest BCUT2D eigenvalue weighted by molar-refractivity contribution is 0.0714. The molecular formula is C20H30N2O. The number of nitrogens with one attached hydrogen (secondary N) is 1. The lowest BCUT2D eigenvalue weighted by Gasteiger charge is -2.39. The van der Waals surface area contributed by atoms with E-state index in [2.05, 4.69) is 40.5 Å². The number of likely N-dealkylation sites (tertiary alicyclic amines) is 1. The van der Waals surface area contributed by atoms with Crippen LogP contribution >= 0.6 is 0 Å². The van der Waals surface area contributed by atoms with Crippen LogP contribution in [-0.4, -0.2) is 41.3 Å². The lowest BCUT2D eigenvalue weighted by Crippen LogP contribution is -2.50. The summed E-state index contributed by atoms with van der Waals surface area (Å²) in [5.74, 6) is 1.27. The number of aliphatic hydroxyl groups excluding tert-OH is 1.